The first-order valence-corrected chi connectivity index (χ1v) is 5.52. The fourth-order valence-electron chi connectivity index (χ4n) is 1.66. The van der Waals surface area contributed by atoms with Crippen molar-refractivity contribution in [2.24, 2.45) is 27.2 Å². The molecule has 0 amide bonds. The van der Waals surface area contributed by atoms with Crippen molar-refractivity contribution < 1.29 is 14.6 Å². The predicted molar refractivity (Wildman–Crippen MR) is 70.3 cm³/mol. The topological polar surface area (TPSA) is 141 Å². The number of benzene rings is 1. The van der Waals surface area contributed by atoms with Gasteiger partial charge in [0.15, 0.2) is 17.5 Å². The minimum atomic E-state index is -0.750. The minimum absolute atomic E-state index is 0.110. The number of rotatable bonds is 2. The predicted octanol–water partition coefficient (Wildman–Crippen LogP) is -0.312. The summed E-state index contributed by atoms with van der Waals surface area (Å²) in [6.45, 7) is 1.73. The van der Waals surface area contributed by atoms with Gasteiger partial charge in [0, 0.05) is 11.6 Å². The van der Waals surface area contributed by atoms with E-state index in [1.54, 1.807) is 19.1 Å². The summed E-state index contributed by atoms with van der Waals surface area (Å²) in [5, 5.41) is 9.74. The van der Waals surface area contributed by atoms with E-state index in [4.69, 9.17) is 26.7 Å². The SMILES string of the molecule is CC(O)c1cc2c(cc1N=C(N)N=C(N)N)OCO2. The molecule has 1 unspecified atom stereocenters. The molecular formula is C11H15N5O3. The van der Waals surface area contributed by atoms with Crippen LogP contribution in [0, 0.1) is 0 Å². The fourth-order valence-corrected chi connectivity index (χ4v) is 1.66. The van der Waals surface area contributed by atoms with E-state index >= 15 is 0 Å². The lowest BCUT2D eigenvalue weighted by molar-refractivity contribution is 0.173. The van der Waals surface area contributed by atoms with Gasteiger partial charge >= 0.3 is 0 Å². The van der Waals surface area contributed by atoms with Gasteiger partial charge in [-0.2, -0.15) is 4.99 Å². The molecule has 1 atom stereocenters. The Hall–Kier alpha value is -2.48. The molecular weight excluding hydrogens is 250 g/mol. The van der Waals surface area contributed by atoms with E-state index in [2.05, 4.69) is 9.98 Å². The Morgan fingerprint density at radius 3 is 2.47 bits per heavy atom. The van der Waals surface area contributed by atoms with Crippen LogP contribution >= 0.6 is 0 Å². The molecule has 1 aliphatic rings. The summed E-state index contributed by atoms with van der Waals surface area (Å²) in [5.41, 5.74) is 16.9. The second-order valence-corrected chi connectivity index (χ2v) is 3.95. The van der Waals surface area contributed by atoms with Gasteiger partial charge < -0.3 is 31.8 Å². The molecule has 1 heterocycles. The van der Waals surface area contributed by atoms with Crippen molar-refractivity contribution in [1.82, 2.24) is 0 Å². The zero-order valence-corrected chi connectivity index (χ0v) is 10.3. The van der Waals surface area contributed by atoms with Crippen LogP contribution in [0.2, 0.25) is 0 Å². The maximum atomic E-state index is 9.74. The van der Waals surface area contributed by atoms with Crippen LogP contribution in [0.4, 0.5) is 5.69 Å². The van der Waals surface area contributed by atoms with E-state index < -0.39 is 6.10 Å². The number of guanidine groups is 2. The van der Waals surface area contributed by atoms with Crippen molar-refractivity contribution in [3.63, 3.8) is 0 Å². The van der Waals surface area contributed by atoms with E-state index in [9.17, 15) is 5.11 Å². The number of aliphatic hydroxyl groups is 1. The standard InChI is InChI=1S/C11H15N5O3/c1-5(17)6-2-8-9(19-4-18-8)3-7(6)15-11(14)16-10(12)13/h2-3,5,17H,4H2,1H3,(H6,12,13,14,15,16). The molecule has 1 aromatic carbocycles. The Morgan fingerprint density at radius 2 is 1.89 bits per heavy atom. The Morgan fingerprint density at radius 1 is 1.26 bits per heavy atom. The van der Waals surface area contributed by atoms with E-state index in [0.29, 0.717) is 22.7 Å². The molecule has 0 saturated carbocycles. The Labute approximate surface area is 109 Å². The first kappa shape index (κ1) is 13.0. The molecule has 0 spiro atoms. The van der Waals surface area contributed by atoms with Gasteiger partial charge in [0.1, 0.15) is 0 Å². The van der Waals surface area contributed by atoms with Gasteiger partial charge in [-0.25, -0.2) is 4.99 Å². The van der Waals surface area contributed by atoms with Crippen LogP contribution in [0.15, 0.2) is 22.1 Å². The van der Waals surface area contributed by atoms with Gasteiger partial charge in [0.05, 0.1) is 11.8 Å². The Balaban J connectivity index is 2.47. The van der Waals surface area contributed by atoms with Crippen LogP contribution in [-0.4, -0.2) is 23.8 Å². The van der Waals surface area contributed by atoms with Crippen molar-refractivity contribution >= 4 is 17.6 Å². The van der Waals surface area contributed by atoms with E-state index in [1.165, 1.54) is 0 Å². The van der Waals surface area contributed by atoms with E-state index in [-0.39, 0.29) is 18.7 Å². The fraction of sp³-hybridized carbons (Fsp3) is 0.273. The number of ether oxygens (including phenoxy) is 2. The number of hydrogen-bond donors (Lipinski definition) is 4. The van der Waals surface area contributed by atoms with Crippen LogP contribution < -0.4 is 26.7 Å². The zero-order chi connectivity index (χ0) is 14.0. The molecule has 102 valence electrons. The molecule has 19 heavy (non-hydrogen) atoms. The monoisotopic (exact) mass is 265 g/mol. The largest absolute Gasteiger partial charge is 0.454 e. The highest BCUT2D eigenvalue weighted by Gasteiger charge is 2.19. The summed E-state index contributed by atoms with van der Waals surface area (Å²) in [4.78, 5) is 7.66. The van der Waals surface area contributed by atoms with Crippen LogP contribution in [0.25, 0.3) is 0 Å². The molecule has 0 aliphatic carbocycles. The van der Waals surface area contributed by atoms with Gasteiger partial charge in [0.25, 0.3) is 0 Å². The van der Waals surface area contributed by atoms with Gasteiger partial charge in [-0.1, -0.05) is 0 Å². The molecule has 2 rings (SSSR count). The summed E-state index contributed by atoms with van der Waals surface area (Å²) in [6, 6.07) is 3.26. The first-order chi connectivity index (χ1) is 8.97. The molecule has 0 saturated heterocycles. The van der Waals surface area contributed by atoms with Gasteiger partial charge in [0.2, 0.25) is 12.8 Å². The van der Waals surface area contributed by atoms with Gasteiger partial charge in [-0.15, -0.1) is 0 Å². The van der Waals surface area contributed by atoms with E-state index in [1.807, 2.05) is 0 Å². The van der Waals surface area contributed by atoms with E-state index in [0.717, 1.165) is 0 Å². The van der Waals surface area contributed by atoms with Gasteiger partial charge in [-0.05, 0) is 13.0 Å². The molecule has 7 N–H and O–H groups in total. The quantitative estimate of drug-likeness (QED) is 0.427. The molecule has 0 bridgehead atoms. The summed E-state index contributed by atoms with van der Waals surface area (Å²) >= 11 is 0. The minimum Gasteiger partial charge on any atom is -0.454 e. The highest BCUT2D eigenvalue weighted by molar-refractivity contribution is 5.93. The molecule has 0 radical (unpaired) electrons. The zero-order valence-electron chi connectivity index (χ0n) is 10.3. The number of hydrogen-bond acceptors (Lipinski definition) is 4. The van der Waals surface area contributed by atoms with Crippen molar-refractivity contribution in [1.29, 1.82) is 0 Å². The number of fused-ring (bicyclic) bond motifs is 1. The number of nitrogens with two attached hydrogens (primary N) is 3. The third-order valence-electron chi connectivity index (χ3n) is 2.45. The summed E-state index contributed by atoms with van der Waals surface area (Å²) in [5.74, 6) is 0.775. The average Bonchev–Trinajstić information content (AvgIpc) is 2.73. The summed E-state index contributed by atoms with van der Waals surface area (Å²) in [7, 11) is 0. The highest BCUT2D eigenvalue weighted by atomic mass is 16.7. The number of aliphatic hydroxyl groups excluding tert-OH is 1. The number of nitrogens with zero attached hydrogens (tertiary/aromatic N) is 2. The maximum absolute atomic E-state index is 9.74. The smallest absolute Gasteiger partial charge is 0.231 e. The number of aliphatic imine (C=N–C) groups is 2. The first-order valence-electron chi connectivity index (χ1n) is 5.52. The second-order valence-electron chi connectivity index (χ2n) is 3.95. The third kappa shape index (κ3) is 2.86. The summed E-state index contributed by atoms with van der Waals surface area (Å²) < 4.78 is 10.5. The summed E-state index contributed by atoms with van der Waals surface area (Å²) in [6.07, 6.45) is -0.750. The molecule has 0 aromatic heterocycles. The van der Waals surface area contributed by atoms with Crippen molar-refractivity contribution in [2.75, 3.05) is 6.79 Å². The molecule has 1 aliphatic heterocycles. The molecule has 8 nitrogen and oxygen atoms in total. The normalized spacial score (nSPS) is 15.2. The van der Waals surface area contributed by atoms with Crippen LogP contribution in [0.1, 0.15) is 18.6 Å². The highest BCUT2D eigenvalue weighted by Crippen LogP contribution is 2.40. The lowest BCUT2D eigenvalue weighted by atomic mass is 10.1. The Kier molecular flexibility index (Phi) is 3.43. The van der Waals surface area contributed by atoms with Crippen molar-refractivity contribution in [2.45, 2.75) is 13.0 Å². The molecule has 0 fully saturated rings. The van der Waals surface area contributed by atoms with Crippen molar-refractivity contribution in [3.05, 3.63) is 17.7 Å². The lowest BCUT2D eigenvalue weighted by Gasteiger charge is -2.10. The molecule has 8 heteroatoms. The second kappa shape index (κ2) is 5.02. The molecule has 1 aromatic rings. The lowest BCUT2D eigenvalue weighted by Crippen LogP contribution is -2.26. The van der Waals surface area contributed by atoms with Crippen molar-refractivity contribution in [3.8, 4) is 11.5 Å². The van der Waals surface area contributed by atoms with Crippen LogP contribution in [0.3, 0.4) is 0 Å². The van der Waals surface area contributed by atoms with Crippen LogP contribution in [-0.2, 0) is 0 Å². The average molecular weight is 265 g/mol. The van der Waals surface area contributed by atoms with Crippen LogP contribution in [0.5, 0.6) is 11.5 Å². The maximum Gasteiger partial charge on any atom is 0.231 e. The third-order valence-corrected chi connectivity index (χ3v) is 2.45. The van der Waals surface area contributed by atoms with Gasteiger partial charge in [-0.3, -0.25) is 0 Å². The Bertz CT molecular complexity index is 550.